The number of carbonyl (C=O) groups is 1. The van der Waals surface area contributed by atoms with E-state index in [1.54, 1.807) is 0 Å². The lowest BCUT2D eigenvalue weighted by molar-refractivity contribution is -0.138. The van der Waals surface area contributed by atoms with Gasteiger partial charge in [-0.1, -0.05) is 0 Å². The minimum Gasteiger partial charge on any atom is -0.508 e. The van der Waals surface area contributed by atoms with Crippen molar-refractivity contribution in [2.75, 3.05) is 11.7 Å². The average molecular weight is 229 g/mol. The molecule has 6 heteroatoms. The number of phenols is 2. The highest BCUT2D eigenvalue weighted by Crippen LogP contribution is 2.28. The van der Waals surface area contributed by atoms with Crippen LogP contribution in [0.4, 0.5) is 10.1 Å². The molecular formula is C10H12FNO4. The Bertz CT molecular complexity index is 376. The van der Waals surface area contributed by atoms with Crippen molar-refractivity contribution in [1.82, 2.24) is 0 Å². The first kappa shape index (κ1) is 12.1. The molecule has 88 valence electrons. The Morgan fingerprint density at radius 2 is 1.88 bits per heavy atom. The van der Waals surface area contributed by atoms with Crippen LogP contribution in [0, 0.1) is 0 Å². The molecule has 0 aliphatic carbocycles. The summed E-state index contributed by atoms with van der Waals surface area (Å²) in [6, 6.07) is 2.34. The van der Waals surface area contributed by atoms with Crippen LogP contribution in [0.5, 0.6) is 11.5 Å². The van der Waals surface area contributed by atoms with Gasteiger partial charge in [0, 0.05) is 23.9 Å². The van der Waals surface area contributed by atoms with Crippen molar-refractivity contribution in [3.8, 4) is 11.5 Å². The maximum absolute atomic E-state index is 12.7. The first-order valence-corrected chi connectivity index (χ1v) is 4.54. The summed E-state index contributed by atoms with van der Waals surface area (Å²) < 4.78 is 12.7. The van der Waals surface area contributed by atoms with Crippen LogP contribution in [0.3, 0.4) is 0 Å². The summed E-state index contributed by atoms with van der Waals surface area (Å²) in [6.45, 7) is 0.277. The van der Waals surface area contributed by atoms with Gasteiger partial charge in [-0.3, -0.25) is 0 Å². The van der Waals surface area contributed by atoms with Crippen LogP contribution >= 0.6 is 0 Å². The van der Waals surface area contributed by atoms with Gasteiger partial charge in [0.15, 0.2) is 6.80 Å². The van der Waals surface area contributed by atoms with E-state index in [4.69, 9.17) is 5.11 Å². The number of aliphatic carboxylic acids is 1. The van der Waals surface area contributed by atoms with Crippen LogP contribution < -0.4 is 4.90 Å². The summed E-state index contributed by atoms with van der Waals surface area (Å²) in [5.74, 6) is -1.71. The van der Waals surface area contributed by atoms with E-state index in [1.165, 1.54) is 19.1 Å². The zero-order valence-electron chi connectivity index (χ0n) is 8.59. The third kappa shape index (κ3) is 2.53. The molecule has 0 saturated heterocycles. The number of hydrogen-bond donors (Lipinski definition) is 3. The van der Waals surface area contributed by atoms with E-state index in [9.17, 15) is 19.4 Å². The molecule has 0 radical (unpaired) electrons. The van der Waals surface area contributed by atoms with Crippen molar-refractivity contribution in [3.05, 3.63) is 18.2 Å². The third-order valence-corrected chi connectivity index (χ3v) is 2.17. The van der Waals surface area contributed by atoms with Gasteiger partial charge in [0.25, 0.3) is 0 Å². The minimum absolute atomic E-state index is 0.106. The van der Waals surface area contributed by atoms with Gasteiger partial charge in [0.05, 0.1) is 0 Å². The van der Waals surface area contributed by atoms with Crippen molar-refractivity contribution in [3.63, 3.8) is 0 Å². The van der Waals surface area contributed by atoms with E-state index >= 15 is 0 Å². The van der Waals surface area contributed by atoms with Crippen molar-refractivity contribution in [1.29, 1.82) is 0 Å². The first-order valence-electron chi connectivity index (χ1n) is 4.54. The van der Waals surface area contributed by atoms with Crippen molar-refractivity contribution in [2.24, 2.45) is 0 Å². The molecule has 16 heavy (non-hydrogen) atoms. The fraction of sp³-hybridized carbons (Fsp3) is 0.300. The van der Waals surface area contributed by atoms with E-state index < -0.39 is 18.8 Å². The fourth-order valence-electron chi connectivity index (χ4n) is 1.27. The third-order valence-electron chi connectivity index (χ3n) is 2.17. The van der Waals surface area contributed by atoms with Gasteiger partial charge < -0.3 is 20.2 Å². The molecule has 1 rings (SSSR count). The van der Waals surface area contributed by atoms with E-state index in [-0.39, 0.29) is 17.2 Å². The highest BCUT2D eigenvalue weighted by Gasteiger charge is 2.21. The van der Waals surface area contributed by atoms with Gasteiger partial charge in [-0.2, -0.15) is 0 Å². The number of carboxylic acid groups (broad SMARTS) is 1. The Balaban J connectivity index is 3.08. The van der Waals surface area contributed by atoms with Gasteiger partial charge in [0.2, 0.25) is 0 Å². The highest BCUT2D eigenvalue weighted by molar-refractivity contribution is 5.78. The number of rotatable bonds is 4. The number of carboxylic acids is 1. The number of aromatic hydroxyl groups is 2. The van der Waals surface area contributed by atoms with Crippen molar-refractivity contribution in [2.45, 2.75) is 13.0 Å². The molecule has 0 heterocycles. The van der Waals surface area contributed by atoms with E-state index in [1.807, 2.05) is 0 Å². The molecule has 0 aromatic heterocycles. The summed E-state index contributed by atoms with van der Waals surface area (Å²) in [5, 5.41) is 27.2. The molecule has 1 aromatic rings. The summed E-state index contributed by atoms with van der Waals surface area (Å²) in [5.41, 5.74) is 0.106. The predicted molar refractivity (Wildman–Crippen MR) is 55.3 cm³/mol. The lowest BCUT2D eigenvalue weighted by Gasteiger charge is -2.25. The molecule has 0 spiro atoms. The molecule has 0 aliphatic heterocycles. The van der Waals surface area contributed by atoms with Crippen LogP contribution in [0.25, 0.3) is 0 Å². The number of benzene rings is 1. The Morgan fingerprint density at radius 3 is 2.25 bits per heavy atom. The highest BCUT2D eigenvalue weighted by atomic mass is 19.1. The molecule has 3 N–H and O–H groups in total. The molecule has 5 nitrogen and oxygen atoms in total. The van der Waals surface area contributed by atoms with E-state index in [0.717, 1.165) is 11.0 Å². The Morgan fingerprint density at radius 1 is 1.38 bits per heavy atom. The Kier molecular flexibility index (Phi) is 3.55. The number of alkyl halides is 1. The molecule has 0 fully saturated rings. The van der Waals surface area contributed by atoms with Gasteiger partial charge in [-0.05, 0) is 6.92 Å². The van der Waals surface area contributed by atoms with Crippen molar-refractivity contribution >= 4 is 11.7 Å². The lowest BCUT2D eigenvalue weighted by atomic mass is 10.2. The number of hydrogen-bond acceptors (Lipinski definition) is 4. The summed E-state index contributed by atoms with van der Waals surface area (Å²) >= 11 is 0. The van der Waals surface area contributed by atoms with Crippen LogP contribution in [-0.2, 0) is 4.79 Å². The molecule has 0 amide bonds. The number of nitrogens with zero attached hydrogens (tertiary/aromatic N) is 1. The maximum Gasteiger partial charge on any atom is 0.326 e. The maximum atomic E-state index is 12.7. The predicted octanol–water partition coefficient (Wildman–Crippen LogP) is 1.30. The van der Waals surface area contributed by atoms with Gasteiger partial charge in [0.1, 0.15) is 17.5 Å². The molecule has 0 saturated carbocycles. The van der Waals surface area contributed by atoms with Crippen LogP contribution in [-0.4, -0.2) is 34.1 Å². The van der Waals surface area contributed by atoms with Crippen molar-refractivity contribution < 1.29 is 24.5 Å². The monoisotopic (exact) mass is 229 g/mol. The molecule has 1 aromatic carbocycles. The molecule has 0 unspecified atom stereocenters. The van der Waals surface area contributed by atoms with E-state index in [2.05, 4.69) is 0 Å². The largest absolute Gasteiger partial charge is 0.508 e. The fourth-order valence-corrected chi connectivity index (χ4v) is 1.27. The molecule has 0 aliphatic rings. The standard InChI is InChI=1S/C10H12FNO4/c1-6(10(15)16)12(5-11)7-2-8(13)4-9(14)3-7/h2-4,6,13-14H,5H2,1H3,(H,15,16)/t6-/m0/s1. The summed E-state index contributed by atoms with van der Waals surface area (Å²) in [4.78, 5) is 11.6. The van der Waals surface area contributed by atoms with Crippen LogP contribution in [0.1, 0.15) is 6.92 Å². The first-order chi connectivity index (χ1) is 7.45. The van der Waals surface area contributed by atoms with Gasteiger partial charge in [-0.15, -0.1) is 0 Å². The topological polar surface area (TPSA) is 81.0 Å². The second-order valence-corrected chi connectivity index (χ2v) is 3.31. The zero-order chi connectivity index (χ0) is 12.3. The lowest BCUT2D eigenvalue weighted by Crippen LogP contribution is -2.38. The Hall–Kier alpha value is -1.98. The quantitative estimate of drug-likeness (QED) is 0.678. The minimum atomic E-state index is -1.19. The second-order valence-electron chi connectivity index (χ2n) is 3.31. The molecule has 0 bridgehead atoms. The average Bonchev–Trinajstić information content (AvgIpc) is 2.16. The SMILES string of the molecule is C[C@@H](C(=O)O)N(CF)c1cc(O)cc(O)c1. The zero-order valence-corrected chi connectivity index (χ0v) is 8.59. The second kappa shape index (κ2) is 4.69. The summed E-state index contributed by atoms with van der Waals surface area (Å²) in [7, 11) is 0. The summed E-state index contributed by atoms with van der Waals surface area (Å²) in [6.07, 6.45) is 0. The van der Waals surface area contributed by atoms with E-state index in [0.29, 0.717) is 0 Å². The number of halogens is 1. The van der Waals surface area contributed by atoms with Crippen LogP contribution in [0.15, 0.2) is 18.2 Å². The Labute approximate surface area is 91.4 Å². The normalized spacial score (nSPS) is 12.1. The molecular weight excluding hydrogens is 217 g/mol. The van der Waals surface area contributed by atoms with Gasteiger partial charge >= 0.3 is 5.97 Å². The smallest absolute Gasteiger partial charge is 0.326 e. The molecule has 1 atom stereocenters. The number of phenolic OH excluding ortho intramolecular Hbond substituents is 2. The van der Waals surface area contributed by atoms with Gasteiger partial charge in [-0.25, -0.2) is 9.18 Å². The number of anilines is 1. The van der Waals surface area contributed by atoms with Crippen LogP contribution in [0.2, 0.25) is 0 Å².